The molecule has 47 heavy (non-hydrogen) atoms. The zero-order chi connectivity index (χ0) is 31.9. The Hall–Kier alpha value is -3.84. The number of hydrogen-bond acceptors (Lipinski definition) is 9. The number of amides is 1. The fourth-order valence-electron chi connectivity index (χ4n) is 8.93. The Bertz CT molecular complexity index is 1920. The first-order valence-corrected chi connectivity index (χ1v) is 16.9. The molecule has 2 atom stereocenters. The van der Waals surface area contributed by atoms with Crippen molar-refractivity contribution in [2.75, 3.05) is 50.8 Å². The molecule has 6 aliphatic heterocycles. The van der Waals surface area contributed by atoms with Gasteiger partial charge in [-0.2, -0.15) is 15.1 Å². The number of halogens is 3. The summed E-state index contributed by atoms with van der Waals surface area (Å²) in [5.74, 6) is 0.0591. The van der Waals surface area contributed by atoms with E-state index in [-0.39, 0.29) is 65.0 Å². The summed E-state index contributed by atoms with van der Waals surface area (Å²) in [5, 5.41) is 11.4. The second-order valence-electron chi connectivity index (χ2n) is 14.0. The van der Waals surface area contributed by atoms with Crippen molar-refractivity contribution in [1.29, 1.82) is 0 Å². The van der Waals surface area contributed by atoms with E-state index in [4.69, 9.17) is 26.1 Å². The van der Waals surface area contributed by atoms with Gasteiger partial charge < -0.3 is 19.7 Å². The number of piperidine rings is 1. The molecule has 1 aliphatic carbocycles. The molecule has 9 heterocycles. The maximum Gasteiger partial charge on any atom is 0.319 e. The van der Waals surface area contributed by atoms with Crippen LogP contribution in [-0.2, 0) is 4.79 Å². The van der Waals surface area contributed by atoms with Crippen LogP contribution in [0.25, 0.3) is 33.1 Å². The molecule has 4 aromatic rings. The normalized spacial score (nSPS) is 29.0. The molecule has 11 nitrogen and oxygen atoms in total. The van der Waals surface area contributed by atoms with Gasteiger partial charge in [-0.25, -0.2) is 8.78 Å². The molecule has 1 spiro atoms. The van der Waals surface area contributed by atoms with Crippen molar-refractivity contribution >= 4 is 45.1 Å². The second kappa shape index (κ2) is 10.8. The van der Waals surface area contributed by atoms with E-state index in [0.29, 0.717) is 47.2 Å². The number of ether oxygens (including phenoxy) is 2. The number of alkyl halides is 1. The number of carbonyl (C=O) groups excluding carboxylic acids is 1. The average molecular weight is 665 g/mol. The number of H-pyrrole nitrogens is 1. The molecular formula is C33H35ClF2N8O3. The number of hydrogen-bond donors (Lipinski definition) is 2. The summed E-state index contributed by atoms with van der Waals surface area (Å²) in [5.41, 5.74) is 0.544. The smallest absolute Gasteiger partial charge is 0.319 e. The number of aromatic nitrogens is 5. The maximum atomic E-state index is 17.0. The zero-order valence-corrected chi connectivity index (χ0v) is 26.6. The van der Waals surface area contributed by atoms with Crippen molar-refractivity contribution in [2.24, 2.45) is 11.3 Å². The van der Waals surface area contributed by atoms with Gasteiger partial charge in [0.15, 0.2) is 5.82 Å². The molecule has 0 unspecified atom stereocenters. The molecule has 7 bridgehead atoms. The summed E-state index contributed by atoms with van der Waals surface area (Å²) < 4.78 is 44.0. The summed E-state index contributed by atoms with van der Waals surface area (Å²) in [4.78, 5) is 31.6. The number of pyridine rings is 1. The highest BCUT2D eigenvalue weighted by Gasteiger charge is 2.51. The topological polar surface area (TPSA) is 121 Å². The lowest BCUT2D eigenvalue weighted by molar-refractivity contribution is -0.133. The van der Waals surface area contributed by atoms with Crippen LogP contribution in [0.5, 0.6) is 11.8 Å². The number of nitrogens with one attached hydrogen (secondary N) is 2. The van der Waals surface area contributed by atoms with Gasteiger partial charge >= 0.3 is 6.01 Å². The Morgan fingerprint density at radius 1 is 1.13 bits per heavy atom. The van der Waals surface area contributed by atoms with Gasteiger partial charge in [-0.15, -0.1) is 0 Å². The van der Waals surface area contributed by atoms with Crippen LogP contribution >= 0.6 is 11.6 Å². The fraction of sp³-hybridized carbons (Fsp3) is 0.545. The Morgan fingerprint density at radius 3 is 2.89 bits per heavy atom. The molecule has 11 rings (SSSR count). The fourth-order valence-corrected chi connectivity index (χ4v) is 9.19. The Kier molecular flexibility index (Phi) is 6.76. The number of nitrogens with zero attached hydrogens (tertiary/aromatic N) is 6. The molecule has 1 aromatic carbocycles. The van der Waals surface area contributed by atoms with E-state index in [9.17, 15) is 9.18 Å². The summed E-state index contributed by atoms with van der Waals surface area (Å²) in [6.45, 7) is 3.27. The van der Waals surface area contributed by atoms with E-state index < -0.39 is 17.5 Å². The first-order valence-electron chi connectivity index (χ1n) is 16.5. The van der Waals surface area contributed by atoms with Crippen molar-refractivity contribution in [3.05, 3.63) is 29.3 Å². The summed E-state index contributed by atoms with van der Waals surface area (Å²) in [6.07, 6.45) is 7.97. The monoisotopic (exact) mass is 664 g/mol. The number of aromatic amines is 1. The van der Waals surface area contributed by atoms with Gasteiger partial charge in [0.1, 0.15) is 42.2 Å². The van der Waals surface area contributed by atoms with E-state index in [1.54, 1.807) is 18.5 Å². The summed E-state index contributed by atoms with van der Waals surface area (Å²) >= 11 is 6.71. The van der Waals surface area contributed by atoms with Gasteiger partial charge in [0.25, 0.3) is 0 Å². The molecule has 246 valence electrons. The lowest BCUT2D eigenvalue weighted by Gasteiger charge is -2.52. The molecule has 3 aromatic heterocycles. The van der Waals surface area contributed by atoms with Crippen molar-refractivity contribution in [2.45, 2.75) is 56.7 Å². The Balaban J connectivity index is 1.20. The van der Waals surface area contributed by atoms with E-state index in [0.717, 1.165) is 51.6 Å². The number of rotatable bonds is 3. The quantitative estimate of drug-likeness (QED) is 0.318. The number of anilines is 1. The SMILES string of the molecule is O=C1NCCOc2c(Cl)cc3[nH]ncc3c2-c2ncc3c(nc(OC[C@@]45CCCN4C[C@H](F)C5)nc3c2F)N2CCCC3(CC1C3)C2. The molecule has 4 fully saturated rings. The lowest BCUT2D eigenvalue weighted by atomic mass is 9.58. The standard InChI is InChI=1S/C33H35ClF2N8O3/c34-22-9-23-20(14-39-42-23)24-27-25(36)26-21(13-38-27)29(41-31(40-26)47-17-33-4-2-7-44(33)15-19(35)12-33)43-6-1-3-32(16-43)10-18(11-32)30(45)37-5-8-46-28(22)24/h9,13-14,18-19H,1-8,10-12,15-17H2,(H,37,45)(H,39,42)/t18?,19-,32?,33+/m1/s1. The van der Waals surface area contributed by atoms with Crippen LogP contribution in [-0.4, -0.2) is 93.6 Å². The Morgan fingerprint density at radius 2 is 2.00 bits per heavy atom. The van der Waals surface area contributed by atoms with Gasteiger partial charge in [0.2, 0.25) is 5.91 Å². The predicted octanol–water partition coefficient (Wildman–Crippen LogP) is 4.82. The first-order chi connectivity index (χ1) is 22.8. The molecule has 0 radical (unpaired) electrons. The van der Waals surface area contributed by atoms with Crippen molar-refractivity contribution in [3.63, 3.8) is 0 Å². The number of fused-ring (bicyclic) bond motifs is 2. The van der Waals surface area contributed by atoms with Crippen LogP contribution < -0.4 is 19.7 Å². The van der Waals surface area contributed by atoms with Crippen LogP contribution in [0.15, 0.2) is 18.5 Å². The van der Waals surface area contributed by atoms with Crippen molar-refractivity contribution in [3.8, 4) is 23.0 Å². The van der Waals surface area contributed by atoms with Gasteiger partial charge in [-0.1, -0.05) is 11.6 Å². The average Bonchev–Trinajstić information content (AvgIpc) is 3.75. The van der Waals surface area contributed by atoms with E-state index in [2.05, 4.69) is 35.3 Å². The lowest BCUT2D eigenvalue weighted by Crippen LogP contribution is -2.54. The van der Waals surface area contributed by atoms with E-state index in [1.165, 1.54) is 0 Å². The highest BCUT2D eigenvalue weighted by Crippen LogP contribution is 2.52. The first kappa shape index (κ1) is 29.3. The minimum absolute atomic E-state index is 0.000603. The Labute approximate surface area is 274 Å². The van der Waals surface area contributed by atoms with E-state index >= 15 is 4.39 Å². The summed E-state index contributed by atoms with van der Waals surface area (Å²) in [6, 6.07) is 1.72. The van der Waals surface area contributed by atoms with Gasteiger partial charge in [0, 0.05) is 43.6 Å². The molecule has 2 N–H and O–H groups in total. The van der Waals surface area contributed by atoms with Crippen molar-refractivity contribution < 1.29 is 23.0 Å². The van der Waals surface area contributed by atoms with Gasteiger partial charge in [0.05, 0.1) is 39.8 Å². The third kappa shape index (κ3) is 4.71. The number of benzene rings is 1. The minimum atomic E-state index is -0.902. The minimum Gasteiger partial charge on any atom is -0.489 e. The van der Waals surface area contributed by atoms with Gasteiger partial charge in [-0.3, -0.25) is 19.8 Å². The van der Waals surface area contributed by atoms with Crippen LogP contribution in [0, 0.1) is 17.2 Å². The van der Waals surface area contributed by atoms with Crippen LogP contribution in [0.1, 0.15) is 44.9 Å². The molecule has 7 aliphatic rings. The van der Waals surface area contributed by atoms with Crippen LogP contribution in [0.4, 0.5) is 14.6 Å². The zero-order valence-electron chi connectivity index (χ0n) is 25.8. The summed E-state index contributed by atoms with van der Waals surface area (Å²) in [7, 11) is 0. The largest absolute Gasteiger partial charge is 0.489 e. The molecule has 1 saturated carbocycles. The highest BCUT2D eigenvalue weighted by atomic mass is 35.5. The highest BCUT2D eigenvalue weighted by molar-refractivity contribution is 6.33. The van der Waals surface area contributed by atoms with Crippen LogP contribution in [0.3, 0.4) is 0 Å². The number of carbonyl (C=O) groups is 1. The van der Waals surface area contributed by atoms with E-state index in [1.807, 2.05) is 0 Å². The molecule has 1 amide bonds. The maximum absolute atomic E-state index is 17.0. The molecule has 14 heteroatoms. The van der Waals surface area contributed by atoms with Crippen molar-refractivity contribution in [1.82, 2.24) is 35.4 Å². The van der Waals surface area contributed by atoms with Crippen LogP contribution in [0.2, 0.25) is 5.02 Å². The van der Waals surface area contributed by atoms with Gasteiger partial charge in [-0.05, 0) is 56.6 Å². The second-order valence-corrected chi connectivity index (χ2v) is 14.4. The predicted molar refractivity (Wildman–Crippen MR) is 171 cm³/mol. The molecular weight excluding hydrogens is 630 g/mol. The third-order valence-corrected chi connectivity index (χ3v) is 11.4. The third-order valence-electron chi connectivity index (χ3n) is 11.1. The molecule has 3 saturated heterocycles.